The van der Waals surface area contributed by atoms with Crippen molar-refractivity contribution in [1.82, 2.24) is 5.01 Å². The second kappa shape index (κ2) is 6.33. The van der Waals surface area contributed by atoms with Gasteiger partial charge in [0.2, 0.25) is 0 Å². The van der Waals surface area contributed by atoms with Crippen molar-refractivity contribution in [2.75, 3.05) is 19.7 Å². The van der Waals surface area contributed by atoms with Crippen molar-refractivity contribution in [3.8, 4) is 5.75 Å². The minimum atomic E-state index is -0.241. The normalized spacial score (nSPS) is 18.6. The lowest BCUT2D eigenvalue weighted by Crippen LogP contribution is -2.33. The standard InChI is InChI=1S/C14H19N3O2/c1-11-13(10-15)14(18)17(16-11)8-5-9-19-12-6-3-2-4-7-12/h2-4,6-7,13H,5,8-10,15H2,1H3. The maximum atomic E-state index is 11.9. The van der Waals surface area contributed by atoms with E-state index in [4.69, 9.17) is 10.5 Å². The van der Waals surface area contributed by atoms with E-state index in [-0.39, 0.29) is 11.8 Å². The number of rotatable bonds is 6. The number of carbonyl (C=O) groups excluding carboxylic acids is 1. The largest absolute Gasteiger partial charge is 0.494 e. The molecule has 2 N–H and O–H groups in total. The Morgan fingerprint density at radius 1 is 1.37 bits per heavy atom. The van der Waals surface area contributed by atoms with Crippen LogP contribution >= 0.6 is 0 Å². The van der Waals surface area contributed by atoms with Crippen molar-refractivity contribution >= 4 is 11.6 Å². The molecule has 1 aromatic carbocycles. The predicted octanol–water partition coefficient (Wildman–Crippen LogP) is 1.25. The molecule has 1 atom stereocenters. The molecule has 19 heavy (non-hydrogen) atoms. The summed E-state index contributed by atoms with van der Waals surface area (Å²) in [5.41, 5.74) is 6.36. The molecule has 0 radical (unpaired) electrons. The van der Waals surface area contributed by atoms with Gasteiger partial charge in [-0.2, -0.15) is 5.10 Å². The summed E-state index contributed by atoms with van der Waals surface area (Å²) >= 11 is 0. The topological polar surface area (TPSA) is 67.9 Å². The molecular formula is C14H19N3O2. The molecule has 102 valence electrons. The van der Waals surface area contributed by atoms with Crippen LogP contribution in [-0.2, 0) is 4.79 Å². The maximum Gasteiger partial charge on any atom is 0.252 e. The molecule has 5 nitrogen and oxygen atoms in total. The first kappa shape index (κ1) is 13.5. The lowest BCUT2D eigenvalue weighted by Gasteiger charge is -2.13. The van der Waals surface area contributed by atoms with Crippen LogP contribution in [0.25, 0.3) is 0 Å². The highest BCUT2D eigenvalue weighted by molar-refractivity contribution is 6.07. The number of benzene rings is 1. The van der Waals surface area contributed by atoms with Gasteiger partial charge in [0, 0.05) is 25.2 Å². The number of hydrazone groups is 1. The van der Waals surface area contributed by atoms with Crippen LogP contribution in [0.15, 0.2) is 35.4 Å². The summed E-state index contributed by atoms with van der Waals surface area (Å²) in [6.45, 7) is 3.30. The van der Waals surface area contributed by atoms with Gasteiger partial charge in [-0.25, -0.2) is 5.01 Å². The number of ether oxygens (including phenoxy) is 1. The van der Waals surface area contributed by atoms with E-state index >= 15 is 0 Å². The van der Waals surface area contributed by atoms with E-state index in [2.05, 4.69) is 5.10 Å². The molecule has 2 rings (SSSR count). The van der Waals surface area contributed by atoms with Crippen molar-refractivity contribution in [2.45, 2.75) is 13.3 Å². The first-order chi connectivity index (χ1) is 9.22. The van der Waals surface area contributed by atoms with E-state index in [0.717, 1.165) is 17.9 Å². The third kappa shape index (κ3) is 3.32. The SMILES string of the molecule is CC1=NN(CCCOc2ccccc2)C(=O)C1CN. The van der Waals surface area contributed by atoms with E-state index in [1.54, 1.807) is 0 Å². The Morgan fingerprint density at radius 3 is 2.74 bits per heavy atom. The molecule has 1 heterocycles. The summed E-state index contributed by atoms with van der Waals surface area (Å²) in [7, 11) is 0. The molecule has 0 aliphatic carbocycles. The molecule has 0 spiro atoms. The number of hydrogen-bond donors (Lipinski definition) is 1. The molecule has 1 aliphatic rings. The number of amides is 1. The summed E-state index contributed by atoms with van der Waals surface area (Å²) in [6, 6.07) is 9.62. The van der Waals surface area contributed by atoms with Gasteiger partial charge < -0.3 is 10.5 Å². The van der Waals surface area contributed by atoms with E-state index in [0.29, 0.717) is 19.7 Å². The van der Waals surface area contributed by atoms with E-state index in [1.165, 1.54) is 5.01 Å². The molecule has 1 amide bonds. The van der Waals surface area contributed by atoms with Crippen LogP contribution in [-0.4, -0.2) is 36.3 Å². The van der Waals surface area contributed by atoms with Crippen LogP contribution in [0.5, 0.6) is 5.75 Å². The van der Waals surface area contributed by atoms with E-state index in [9.17, 15) is 4.79 Å². The lowest BCUT2D eigenvalue weighted by atomic mass is 10.1. The van der Waals surface area contributed by atoms with Crippen LogP contribution in [0.3, 0.4) is 0 Å². The van der Waals surface area contributed by atoms with Gasteiger partial charge in [-0.05, 0) is 19.1 Å². The molecule has 1 aromatic rings. The number of carbonyl (C=O) groups is 1. The van der Waals surface area contributed by atoms with Gasteiger partial charge in [0.25, 0.3) is 5.91 Å². The van der Waals surface area contributed by atoms with Gasteiger partial charge in [0.15, 0.2) is 0 Å². The Balaban J connectivity index is 1.74. The molecular weight excluding hydrogens is 242 g/mol. The van der Waals surface area contributed by atoms with Crippen molar-refractivity contribution in [3.05, 3.63) is 30.3 Å². The summed E-state index contributed by atoms with van der Waals surface area (Å²) in [4.78, 5) is 11.9. The maximum absolute atomic E-state index is 11.9. The quantitative estimate of drug-likeness (QED) is 0.784. The number of nitrogens with two attached hydrogens (primary N) is 1. The highest BCUT2D eigenvalue weighted by atomic mass is 16.5. The Bertz CT molecular complexity index is 459. The highest BCUT2D eigenvalue weighted by Gasteiger charge is 2.31. The van der Waals surface area contributed by atoms with Gasteiger partial charge in [-0.15, -0.1) is 0 Å². The molecule has 0 saturated heterocycles. The second-order valence-corrected chi connectivity index (χ2v) is 4.51. The molecule has 1 aliphatic heterocycles. The van der Waals surface area contributed by atoms with Crippen molar-refractivity contribution in [3.63, 3.8) is 0 Å². The van der Waals surface area contributed by atoms with Crippen LogP contribution in [0.4, 0.5) is 0 Å². The Kier molecular flexibility index (Phi) is 4.52. The minimum absolute atomic E-state index is 0.000267. The highest BCUT2D eigenvalue weighted by Crippen LogP contribution is 2.15. The van der Waals surface area contributed by atoms with Gasteiger partial charge in [-0.1, -0.05) is 18.2 Å². The number of para-hydroxylation sites is 1. The Labute approximate surface area is 113 Å². The average Bonchev–Trinajstić information content (AvgIpc) is 2.70. The zero-order chi connectivity index (χ0) is 13.7. The molecule has 0 fully saturated rings. The van der Waals surface area contributed by atoms with Gasteiger partial charge >= 0.3 is 0 Å². The number of hydrogen-bond acceptors (Lipinski definition) is 4. The smallest absolute Gasteiger partial charge is 0.252 e. The van der Waals surface area contributed by atoms with E-state index in [1.807, 2.05) is 37.3 Å². The van der Waals surface area contributed by atoms with Crippen molar-refractivity contribution < 1.29 is 9.53 Å². The fraction of sp³-hybridized carbons (Fsp3) is 0.429. The fourth-order valence-corrected chi connectivity index (χ4v) is 2.02. The average molecular weight is 261 g/mol. The van der Waals surface area contributed by atoms with Crippen molar-refractivity contribution in [2.24, 2.45) is 16.8 Å². The van der Waals surface area contributed by atoms with Crippen LogP contribution in [0, 0.1) is 5.92 Å². The van der Waals surface area contributed by atoms with Crippen LogP contribution in [0.1, 0.15) is 13.3 Å². The minimum Gasteiger partial charge on any atom is -0.494 e. The van der Waals surface area contributed by atoms with Crippen LogP contribution in [0.2, 0.25) is 0 Å². The second-order valence-electron chi connectivity index (χ2n) is 4.51. The first-order valence-electron chi connectivity index (χ1n) is 6.46. The molecule has 5 heteroatoms. The third-order valence-corrected chi connectivity index (χ3v) is 3.10. The third-order valence-electron chi connectivity index (χ3n) is 3.10. The summed E-state index contributed by atoms with van der Waals surface area (Å²) in [5, 5.41) is 5.73. The Hall–Kier alpha value is -1.88. The van der Waals surface area contributed by atoms with Crippen LogP contribution < -0.4 is 10.5 Å². The lowest BCUT2D eigenvalue weighted by molar-refractivity contribution is -0.131. The summed E-state index contributed by atoms with van der Waals surface area (Å²) in [6.07, 6.45) is 0.745. The van der Waals surface area contributed by atoms with E-state index < -0.39 is 0 Å². The van der Waals surface area contributed by atoms with Gasteiger partial charge in [-0.3, -0.25) is 4.79 Å². The molecule has 0 saturated carbocycles. The zero-order valence-corrected chi connectivity index (χ0v) is 11.1. The predicted molar refractivity (Wildman–Crippen MR) is 73.9 cm³/mol. The molecule has 0 aromatic heterocycles. The summed E-state index contributed by atoms with van der Waals surface area (Å²) < 4.78 is 5.57. The summed E-state index contributed by atoms with van der Waals surface area (Å²) in [5.74, 6) is 0.601. The Morgan fingerprint density at radius 2 is 2.11 bits per heavy atom. The number of nitrogens with zero attached hydrogens (tertiary/aromatic N) is 2. The van der Waals surface area contributed by atoms with Gasteiger partial charge in [0.1, 0.15) is 5.75 Å². The first-order valence-corrected chi connectivity index (χ1v) is 6.46. The molecule has 0 bridgehead atoms. The zero-order valence-electron chi connectivity index (χ0n) is 11.1. The van der Waals surface area contributed by atoms with Crippen molar-refractivity contribution in [1.29, 1.82) is 0 Å². The monoisotopic (exact) mass is 261 g/mol. The molecule has 1 unspecified atom stereocenters. The fourth-order valence-electron chi connectivity index (χ4n) is 2.02. The van der Waals surface area contributed by atoms with Gasteiger partial charge in [0.05, 0.1) is 12.5 Å².